The molecule has 0 bridgehead atoms. The third-order valence-corrected chi connectivity index (χ3v) is 4.62. The topological polar surface area (TPSA) is 64.9 Å². The van der Waals surface area contributed by atoms with Gasteiger partial charge in [0.05, 0.1) is 11.2 Å². The molecule has 0 radical (unpaired) electrons. The van der Waals surface area contributed by atoms with Gasteiger partial charge in [-0.2, -0.15) is 16.7 Å². The first-order chi connectivity index (χ1) is 8.09. The van der Waals surface area contributed by atoms with Crippen LogP contribution in [0, 0.1) is 5.92 Å². The van der Waals surface area contributed by atoms with Crippen LogP contribution in [0.1, 0.15) is 56.5 Å². The lowest BCUT2D eigenvalue weighted by Crippen LogP contribution is -2.28. The van der Waals surface area contributed by atoms with E-state index in [0.717, 1.165) is 12.2 Å². The summed E-state index contributed by atoms with van der Waals surface area (Å²) < 4.78 is 5.41. The zero-order valence-electron chi connectivity index (χ0n) is 10.7. The van der Waals surface area contributed by atoms with E-state index in [0.29, 0.717) is 17.1 Å². The van der Waals surface area contributed by atoms with Crippen LogP contribution in [0.2, 0.25) is 0 Å². The molecule has 1 aromatic heterocycles. The summed E-state index contributed by atoms with van der Waals surface area (Å²) in [6.07, 6.45) is 2.41. The molecule has 17 heavy (non-hydrogen) atoms. The maximum atomic E-state index is 6.00. The second kappa shape index (κ2) is 5.40. The van der Waals surface area contributed by atoms with Crippen LogP contribution in [0.5, 0.6) is 0 Å². The molecule has 0 amide bonds. The van der Waals surface area contributed by atoms with Gasteiger partial charge in [-0.3, -0.25) is 0 Å². The standard InChI is InChI=1S/C12H21N3OS/c1-7(2)10(8(3)13)12-14-11(15-16-12)9-5-4-6-17-9/h7-10H,4-6,13H2,1-3H3. The van der Waals surface area contributed by atoms with Crippen molar-refractivity contribution in [2.75, 3.05) is 5.75 Å². The van der Waals surface area contributed by atoms with E-state index in [1.54, 1.807) is 0 Å². The predicted molar refractivity (Wildman–Crippen MR) is 70.0 cm³/mol. The Morgan fingerprint density at radius 3 is 2.71 bits per heavy atom. The van der Waals surface area contributed by atoms with Gasteiger partial charge in [-0.25, -0.2) is 0 Å². The molecular formula is C12H21N3OS. The normalized spacial score (nSPS) is 24.2. The van der Waals surface area contributed by atoms with Crippen LogP contribution in [0.3, 0.4) is 0 Å². The molecule has 0 saturated carbocycles. The van der Waals surface area contributed by atoms with Crippen molar-refractivity contribution in [2.24, 2.45) is 11.7 Å². The van der Waals surface area contributed by atoms with Crippen molar-refractivity contribution in [2.45, 2.75) is 50.8 Å². The van der Waals surface area contributed by atoms with Crippen LogP contribution in [0.4, 0.5) is 0 Å². The number of nitrogens with two attached hydrogens (primary N) is 1. The number of nitrogens with zero attached hydrogens (tertiary/aromatic N) is 2. The molecule has 3 unspecified atom stereocenters. The Kier molecular flexibility index (Phi) is 4.09. The summed E-state index contributed by atoms with van der Waals surface area (Å²) in [5.74, 6) is 3.34. The Hall–Kier alpha value is -0.550. The number of rotatable bonds is 4. The lowest BCUT2D eigenvalue weighted by Gasteiger charge is -2.20. The summed E-state index contributed by atoms with van der Waals surface area (Å²) in [6, 6.07) is 0.0412. The maximum Gasteiger partial charge on any atom is 0.231 e. The molecule has 96 valence electrons. The van der Waals surface area contributed by atoms with Crippen LogP contribution >= 0.6 is 11.8 Å². The summed E-state index contributed by atoms with van der Waals surface area (Å²) in [7, 11) is 0. The zero-order valence-corrected chi connectivity index (χ0v) is 11.5. The first-order valence-corrected chi connectivity index (χ1v) is 7.35. The van der Waals surface area contributed by atoms with E-state index in [-0.39, 0.29) is 12.0 Å². The van der Waals surface area contributed by atoms with E-state index in [4.69, 9.17) is 10.3 Å². The van der Waals surface area contributed by atoms with Crippen molar-refractivity contribution in [3.8, 4) is 0 Å². The molecule has 2 rings (SSSR count). The largest absolute Gasteiger partial charge is 0.339 e. The monoisotopic (exact) mass is 255 g/mol. The Morgan fingerprint density at radius 1 is 1.41 bits per heavy atom. The van der Waals surface area contributed by atoms with Crippen LogP contribution in [-0.2, 0) is 0 Å². The van der Waals surface area contributed by atoms with Crippen molar-refractivity contribution < 1.29 is 4.52 Å². The van der Waals surface area contributed by atoms with Gasteiger partial charge in [-0.05, 0) is 31.4 Å². The zero-order chi connectivity index (χ0) is 12.4. The minimum absolute atomic E-state index is 0.0412. The van der Waals surface area contributed by atoms with Crippen molar-refractivity contribution in [3.05, 3.63) is 11.7 Å². The molecule has 0 aromatic carbocycles. The Balaban J connectivity index is 2.15. The minimum atomic E-state index is 0.0412. The number of hydrogen-bond acceptors (Lipinski definition) is 5. The maximum absolute atomic E-state index is 6.00. The van der Waals surface area contributed by atoms with Gasteiger partial charge in [-0.15, -0.1) is 0 Å². The third-order valence-electron chi connectivity index (χ3n) is 3.24. The molecule has 5 heteroatoms. The first-order valence-electron chi connectivity index (χ1n) is 6.30. The Morgan fingerprint density at radius 2 is 2.18 bits per heavy atom. The number of thioether (sulfide) groups is 1. The van der Waals surface area contributed by atoms with Crippen LogP contribution < -0.4 is 5.73 Å². The van der Waals surface area contributed by atoms with E-state index in [9.17, 15) is 0 Å². The molecule has 1 fully saturated rings. The lowest BCUT2D eigenvalue weighted by atomic mass is 9.90. The first kappa shape index (κ1) is 12.9. The molecule has 1 saturated heterocycles. The Labute approximate surface area is 107 Å². The summed E-state index contributed by atoms with van der Waals surface area (Å²) in [4.78, 5) is 4.56. The smallest absolute Gasteiger partial charge is 0.231 e. The van der Waals surface area contributed by atoms with Gasteiger partial charge < -0.3 is 10.3 Å². The molecule has 2 N–H and O–H groups in total. The number of hydrogen-bond donors (Lipinski definition) is 1. The number of aromatic nitrogens is 2. The van der Waals surface area contributed by atoms with E-state index in [1.165, 1.54) is 12.2 Å². The highest BCUT2D eigenvalue weighted by Gasteiger charge is 2.29. The quantitative estimate of drug-likeness (QED) is 0.896. The predicted octanol–water partition coefficient (Wildman–Crippen LogP) is 2.72. The van der Waals surface area contributed by atoms with Crippen LogP contribution in [0.15, 0.2) is 4.52 Å². The van der Waals surface area contributed by atoms with Crippen molar-refractivity contribution in [3.63, 3.8) is 0 Å². The van der Waals surface area contributed by atoms with Gasteiger partial charge in [-0.1, -0.05) is 19.0 Å². The van der Waals surface area contributed by atoms with Crippen LogP contribution in [0.25, 0.3) is 0 Å². The van der Waals surface area contributed by atoms with Gasteiger partial charge in [0.2, 0.25) is 5.89 Å². The van der Waals surface area contributed by atoms with Gasteiger partial charge in [0, 0.05) is 6.04 Å². The second-order valence-corrected chi connectivity index (χ2v) is 6.43. The van der Waals surface area contributed by atoms with Crippen molar-refractivity contribution in [1.29, 1.82) is 0 Å². The lowest BCUT2D eigenvalue weighted by molar-refractivity contribution is 0.298. The van der Waals surface area contributed by atoms with Gasteiger partial charge in [0.1, 0.15) is 0 Å². The minimum Gasteiger partial charge on any atom is -0.339 e. The Bertz CT molecular complexity index is 350. The van der Waals surface area contributed by atoms with E-state index in [1.807, 2.05) is 18.7 Å². The van der Waals surface area contributed by atoms with Crippen molar-refractivity contribution in [1.82, 2.24) is 10.1 Å². The SMILES string of the molecule is CC(C)C(c1nc(C2CCCS2)no1)C(C)N. The fourth-order valence-corrected chi connectivity index (χ4v) is 3.61. The third kappa shape index (κ3) is 2.83. The highest BCUT2D eigenvalue weighted by Crippen LogP contribution is 2.39. The molecule has 0 spiro atoms. The highest BCUT2D eigenvalue weighted by atomic mass is 32.2. The molecular weight excluding hydrogens is 234 g/mol. The van der Waals surface area contributed by atoms with E-state index >= 15 is 0 Å². The van der Waals surface area contributed by atoms with Crippen molar-refractivity contribution >= 4 is 11.8 Å². The summed E-state index contributed by atoms with van der Waals surface area (Å²) in [6.45, 7) is 6.28. The second-order valence-electron chi connectivity index (χ2n) is 5.12. The summed E-state index contributed by atoms with van der Waals surface area (Å²) >= 11 is 1.92. The average Bonchev–Trinajstić information content (AvgIpc) is 2.83. The highest BCUT2D eigenvalue weighted by molar-refractivity contribution is 7.99. The fraction of sp³-hybridized carbons (Fsp3) is 0.833. The van der Waals surface area contributed by atoms with Gasteiger partial charge in [0.15, 0.2) is 5.82 Å². The molecule has 1 aliphatic heterocycles. The van der Waals surface area contributed by atoms with E-state index in [2.05, 4.69) is 24.0 Å². The van der Waals surface area contributed by atoms with Gasteiger partial charge in [0.25, 0.3) is 0 Å². The average molecular weight is 255 g/mol. The molecule has 1 aromatic rings. The van der Waals surface area contributed by atoms with E-state index < -0.39 is 0 Å². The molecule has 1 aliphatic rings. The summed E-state index contributed by atoms with van der Waals surface area (Å²) in [5, 5.41) is 4.55. The molecule has 4 nitrogen and oxygen atoms in total. The molecule has 0 aliphatic carbocycles. The molecule has 2 heterocycles. The molecule has 3 atom stereocenters. The fourth-order valence-electron chi connectivity index (χ4n) is 2.41. The van der Waals surface area contributed by atoms with Gasteiger partial charge >= 0.3 is 0 Å². The summed E-state index contributed by atoms with van der Waals surface area (Å²) in [5.41, 5.74) is 6.00. The van der Waals surface area contributed by atoms with Crippen LogP contribution in [-0.4, -0.2) is 21.9 Å².